The first-order valence-electron chi connectivity index (χ1n) is 3.97. The van der Waals surface area contributed by atoms with E-state index >= 15 is 0 Å². The van der Waals surface area contributed by atoms with Gasteiger partial charge in [-0.25, -0.2) is 0 Å². The SMILES string of the molecule is [B]C(=O)C1[B]c2ccccc2C1=O. The van der Waals surface area contributed by atoms with Gasteiger partial charge in [-0.05, 0) is 0 Å². The summed E-state index contributed by atoms with van der Waals surface area (Å²) >= 11 is 0. The third-order valence-electron chi connectivity index (χ3n) is 2.16. The third kappa shape index (κ3) is 1.22. The molecule has 1 aliphatic heterocycles. The van der Waals surface area contributed by atoms with Gasteiger partial charge in [0.05, 0.1) is 5.68 Å². The first kappa shape index (κ1) is 8.30. The van der Waals surface area contributed by atoms with Gasteiger partial charge in [0.15, 0.2) is 20.9 Å². The number of rotatable bonds is 1. The van der Waals surface area contributed by atoms with Crippen LogP contribution in [0.5, 0.6) is 0 Å². The quantitative estimate of drug-likeness (QED) is 0.424. The van der Waals surface area contributed by atoms with E-state index in [1.54, 1.807) is 25.5 Å². The molecular weight excluding hydrogens is 162 g/mol. The van der Waals surface area contributed by atoms with E-state index in [1.807, 2.05) is 6.07 Å². The van der Waals surface area contributed by atoms with Gasteiger partial charge in [-0.1, -0.05) is 29.7 Å². The van der Waals surface area contributed by atoms with E-state index in [2.05, 4.69) is 0 Å². The maximum atomic E-state index is 11.5. The van der Waals surface area contributed by atoms with E-state index in [0.717, 1.165) is 5.46 Å². The number of carbonyl (C=O) groups is 2. The fraction of sp³-hybridized carbons (Fsp3) is 0.111. The minimum Gasteiger partial charge on any atom is -0.313 e. The van der Waals surface area contributed by atoms with Crippen molar-refractivity contribution in [2.24, 2.45) is 0 Å². The zero-order valence-corrected chi connectivity index (χ0v) is 6.86. The summed E-state index contributed by atoms with van der Waals surface area (Å²) < 4.78 is 0. The zero-order chi connectivity index (χ0) is 9.42. The number of hydrogen-bond acceptors (Lipinski definition) is 2. The minimum atomic E-state index is -0.766. The van der Waals surface area contributed by atoms with Crippen LogP contribution < -0.4 is 5.46 Å². The van der Waals surface area contributed by atoms with Crippen LogP contribution in [-0.4, -0.2) is 26.6 Å². The molecule has 1 heterocycles. The van der Waals surface area contributed by atoms with E-state index in [-0.39, 0.29) is 5.78 Å². The molecule has 2 nitrogen and oxygen atoms in total. The summed E-state index contributed by atoms with van der Waals surface area (Å²) in [4.78, 5) is 22.4. The Balaban J connectivity index is 2.44. The van der Waals surface area contributed by atoms with Crippen LogP contribution in [0.25, 0.3) is 0 Å². The first-order chi connectivity index (χ1) is 6.20. The van der Waals surface area contributed by atoms with Gasteiger partial charge in [0.1, 0.15) is 0 Å². The Bertz CT molecular complexity index is 387. The fourth-order valence-corrected chi connectivity index (χ4v) is 1.50. The predicted octanol–water partition coefficient (Wildman–Crippen LogP) is -0.304. The lowest BCUT2D eigenvalue weighted by molar-refractivity contribution is -0.110. The summed E-state index contributed by atoms with van der Waals surface area (Å²) in [5.74, 6) is -0.958. The van der Waals surface area contributed by atoms with Crippen molar-refractivity contribution in [3.63, 3.8) is 0 Å². The Kier molecular flexibility index (Phi) is 1.83. The molecule has 1 unspecified atom stereocenters. The van der Waals surface area contributed by atoms with Crippen LogP contribution in [0.4, 0.5) is 0 Å². The normalized spacial score (nSPS) is 19.4. The Morgan fingerprint density at radius 2 is 2.08 bits per heavy atom. The van der Waals surface area contributed by atoms with Crippen molar-refractivity contribution >= 4 is 32.1 Å². The molecule has 0 saturated heterocycles. The second kappa shape index (κ2) is 2.87. The number of Topliss-reactive ketones (excluding diaryl/α,β-unsaturated/α-hetero) is 1. The van der Waals surface area contributed by atoms with Gasteiger partial charge in [-0.3, -0.25) is 4.79 Å². The first-order valence-corrected chi connectivity index (χ1v) is 3.97. The average molecular weight is 167 g/mol. The molecule has 0 saturated carbocycles. The van der Waals surface area contributed by atoms with Crippen molar-refractivity contribution in [2.45, 2.75) is 5.82 Å². The highest BCUT2D eigenvalue weighted by atomic mass is 16.1. The summed E-state index contributed by atoms with van der Waals surface area (Å²) in [6.45, 7) is 0. The maximum Gasteiger partial charge on any atom is 0.174 e. The molecular formula is C9H5B2O2. The molecule has 59 valence electrons. The number of hydrogen-bond donors (Lipinski definition) is 0. The highest BCUT2D eigenvalue weighted by Crippen LogP contribution is 2.18. The molecule has 1 atom stereocenters. The lowest BCUT2D eigenvalue weighted by Gasteiger charge is -1.99. The van der Waals surface area contributed by atoms with Gasteiger partial charge in [-0.15, -0.1) is 0 Å². The minimum absolute atomic E-state index is 0.192. The zero-order valence-electron chi connectivity index (χ0n) is 6.86. The van der Waals surface area contributed by atoms with Crippen LogP contribution in [0.3, 0.4) is 0 Å². The van der Waals surface area contributed by atoms with Crippen LogP contribution in [0, 0.1) is 0 Å². The standard InChI is InChI=1S/C9H5B2O2/c10-9(13)7-8(12)5-3-1-2-4-6(5)11-7/h1-4,7H. The molecule has 0 N–H and O–H groups in total. The molecule has 0 spiro atoms. The number of carbonyl (C=O) groups excluding carboxylic acids is 2. The molecule has 0 aromatic heterocycles. The van der Waals surface area contributed by atoms with Crippen molar-refractivity contribution in [3.8, 4) is 0 Å². The van der Waals surface area contributed by atoms with Crippen LogP contribution in [0.2, 0.25) is 5.82 Å². The maximum absolute atomic E-state index is 11.5. The molecule has 1 aromatic rings. The van der Waals surface area contributed by atoms with Crippen molar-refractivity contribution in [3.05, 3.63) is 29.8 Å². The van der Waals surface area contributed by atoms with Gasteiger partial charge in [0.25, 0.3) is 0 Å². The molecule has 1 aromatic carbocycles. The number of benzene rings is 1. The van der Waals surface area contributed by atoms with Gasteiger partial charge in [-0.2, -0.15) is 0 Å². The molecule has 4 heteroatoms. The Morgan fingerprint density at radius 1 is 1.38 bits per heavy atom. The predicted molar refractivity (Wildman–Crippen MR) is 50.7 cm³/mol. The lowest BCUT2D eigenvalue weighted by Crippen LogP contribution is -2.20. The van der Waals surface area contributed by atoms with Gasteiger partial charge >= 0.3 is 0 Å². The van der Waals surface area contributed by atoms with Crippen molar-refractivity contribution < 1.29 is 9.59 Å². The number of fused-ring (bicyclic) bond motifs is 1. The van der Waals surface area contributed by atoms with E-state index in [0.29, 0.717) is 5.56 Å². The summed E-state index contributed by atoms with van der Waals surface area (Å²) in [5, 5.41) is 0. The third-order valence-corrected chi connectivity index (χ3v) is 2.16. The summed E-state index contributed by atoms with van der Waals surface area (Å²) in [7, 11) is 6.69. The Morgan fingerprint density at radius 3 is 2.69 bits per heavy atom. The van der Waals surface area contributed by atoms with Crippen LogP contribution in [0.1, 0.15) is 10.4 Å². The van der Waals surface area contributed by atoms with E-state index in [4.69, 9.17) is 7.85 Å². The van der Waals surface area contributed by atoms with Crippen LogP contribution >= 0.6 is 0 Å². The second-order valence-corrected chi connectivity index (χ2v) is 3.00. The summed E-state index contributed by atoms with van der Waals surface area (Å²) in [6, 6.07) is 7.10. The largest absolute Gasteiger partial charge is 0.313 e. The fourth-order valence-electron chi connectivity index (χ4n) is 1.50. The molecule has 1 aliphatic rings. The number of ketones is 1. The molecule has 0 bridgehead atoms. The summed E-state index contributed by atoms with van der Waals surface area (Å²) in [5.41, 5.74) is 0.809. The summed E-state index contributed by atoms with van der Waals surface area (Å²) in [6.07, 6.45) is 0. The lowest BCUT2D eigenvalue weighted by atomic mass is 9.59. The smallest absolute Gasteiger partial charge is 0.174 e. The Labute approximate surface area is 78.0 Å². The van der Waals surface area contributed by atoms with E-state index < -0.39 is 11.5 Å². The molecule has 3 radical (unpaired) electrons. The van der Waals surface area contributed by atoms with Crippen LogP contribution in [0.15, 0.2) is 24.3 Å². The highest BCUT2D eigenvalue weighted by Gasteiger charge is 2.33. The topological polar surface area (TPSA) is 34.1 Å². The Hall–Kier alpha value is -1.31. The van der Waals surface area contributed by atoms with Crippen molar-refractivity contribution in [2.75, 3.05) is 0 Å². The van der Waals surface area contributed by atoms with Crippen LogP contribution in [-0.2, 0) is 4.79 Å². The molecule has 13 heavy (non-hydrogen) atoms. The van der Waals surface area contributed by atoms with Gasteiger partial charge < -0.3 is 4.79 Å². The monoisotopic (exact) mass is 167 g/mol. The van der Waals surface area contributed by atoms with Crippen molar-refractivity contribution in [1.82, 2.24) is 0 Å². The molecule has 0 amide bonds. The average Bonchev–Trinajstić information content (AvgIpc) is 2.45. The van der Waals surface area contributed by atoms with Crippen molar-refractivity contribution in [1.29, 1.82) is 0 Å². The molecule has 2 rings (SSSR count). The van der Waals surface area contributed by atoms with E-state index in [1.165, 1.54) is 0 Å². The van der Waals surface area contributed by atoms with Gasteiger partial charge in [0, 0.05) is 11.4 Å². The molecule has 0 aliphatic carbocycles. The van der Waals surface area contributed by atoms with E-state index in [9.17, 15) is 9.59 Å². The van der Waals surface area contributed by atoms with Gasteiger partial charge in [0.2, 0.25) is 0 Å². The highest BCUT2D eigenvalue weighted by molar-refractivity contribution is 6.79. The molecule has 0 fully saturated rings. The second-order valence-electron chi connectivity index (χ2n) is 3.00.